The summed E-state index contributed by atoms with van der Waals surface area (Å²) in [5, 5.41) is 14.1. The van der Waals surface area contributed by atoms with E-state index in [1.807, 2.05) is 19.9 Å². The van der Waals surface area contributed by atoms with Crippen molar-refractivity contribution >= 4 is 33.4 Å². The van der Waals surface area contributed by atoms with Crippen molar-refractivity contribution in [3.8, 4) is 0 Å². The van der Waals surface area contributed by atoms with Crippen molar-refractivity contribution in [1.82, 2.24) is 5.32 Å². The first-order valence-electron chi connectivity index (χ1n) is 6.43. The van der Waals surface area contributed by atoms with Crippen LogP contribution in [0.2, 0.25) is 0 Å². The quantitative estimate of drug-likeness (QED) is 0.715. The van der Waals surface area contributed by atoms with Crippen LogP contribution in [0.4, 0.5) is 5.69 Å². The number of benzene rings is 1. The van der Waals surface area contributed by atoms with E-state index in [4.69, 9.17) is 5.11 Å². The van der Waals surface area contributed by atoms with Gasteiger partial charge >= 0.3 is 11.8 Å². The lowest BCUT2D eigenvalue weighted by Crippen LogP contribution is -2.44. The van der Waals surface area contributed by atoms with Crippen LogP contribution in [0.5, 0.6) is 0 Å². The lowest BCUT2D eigenvalue weighted by molar-refractivity contribution is -0.136. The first-order chi connectivity index (χ1) is 9.45. The molecule has 5 nitrogen and oxygen atoms in total. The van der Waals surface area contributed by atoms with Crippen molar-refractivity contribution in [2.45, 2.75) is 26.3 Å². The number of halogens is 1. The van der Waals surface area contributed by atoms with Crippen molar-refractivity contribution in [3.63, 3.8) is 0 Å². The molecule has 0 heterocycles. The fraction of sp³-hybridized carbons (Fsp3) is 0.429. The van der Waals surface area contributed by atoms with Crippen LogP contribution >= 0.6 is 15.9 Å². The Morgan fingerprint density at radius 2 is 1.90 bits per heavy atom. The fourth-order valence-corrected chi connectivity index (χ4v) is 2.07. The van der Waals surface area contributed by atoms with Crippen molar-refractivity contribution in [2.24, 2.45) is 5.92 Å². The van der Waals surface area contributed by atoms with Crippen molar-refractivity contribution in [3.05, 3.63) is 28.7 Å². The van der Waals surface area contributed by atoms with Crippen LogP contribution < -0.4 is 10.6 Å². The Morgan fingerprint density at radius 3 is 2.45 bits per heavy atom. The van der Waals surface area contributed by atoms with Gasteiger partial charge in [0.2, 0.25) is 0 Å². The minimum absolute atomic E-state index is 0.0328. The highest BCUT2D eigenvalue weighted by Crippen LogP contribution is 2.20. The molecule has 2 amide bonds. The van der Waals surface area contributed by atoms with Gasteiger partial charge in [0.25, 0.3) is 0 Å². The van der Waals surface area contributed by atoms with Gasteiger partial charge in [-0.05, 0) is 40.4 Å². The van der Waals surface area contributed by atoms with Crippen LogP contribution in [0.3, 0.4) is 0 Å². The number of carbonyl (C=O) groups excluding carboxylic acids is 2. The highest BCUT2D eigenvalue weighted by molar-refractivity contribution is 9.10. The van der Waals surface area contributed by atoms with E-state index in [-0.39, 0.29) is 18.6 Å². The summed E-state index contributed by atoms with van der Waals surface area (Å²) in [4.78, 5) is 23.6. The molecule has 110 valence electrons. The molecule has 0 radical (unpaired) electrons. The topological polar surface area (TPSA) is 78.4 Å². The second-order valence-electron chi connectivity index (χ2n) is 4.77. The lowest BCUT2D eigenvalue weighted by Gasteiger charge is -2.21. The van der Waals surface area contributed by atoms with Crippen LogP contribution in [-0.2, 0) is 9.59 Å². The van der Waals surface area contributed by atoms with Gasteiger partial charge in [-0.3, -0.25) is 9.59 Å². The minimum Gasteiger partial charge on any atom is -0.396 e. The number of hydrogen-bond acceptors (Lipinski definition) is 3. The predicted octanol–water partition coefficient (Wildman–Crippen LogP) is 1.91. The van der Waals surface area contributed by atoms with E-state index < -0.39 is 11.8 Å². The van der Waals surface area contributed by atoms with E-state index >= 15 is 0 Å². The van der Waals surface area contributed by atoms with Gasteiger partial charge in [-0.15, -0.1) is 0 Å². The molecule has 6 heteroatoms. The second-order valence-corrected chi connectivity index (χ2v) is 5.62. The molecule has 0 aliphatic carbocycles. The predicted molar refractivity (Wildman–Crippen MR) is 81.2 cm³/mol. The summed E-state index contributed by atoms with van der Waals surface area (Å²) in [6.45, 7) is 3.81. The van der Waals surface area contributed by atoms with Crippen molar-refractivity contribution in [1.29, 1.82) is 0 Å². The Hall–Kier alpha value is -1.40. The van der Waals surface area contributed by atoms with E-state index in [1.54, 1.807) is 18.2 Å². The molecule has 0 spiro atoms. The zero-order valence-electron chi connectivity index (χ0n) is 11.5. The average Bonchev–Trinajstić information content (AvgIpc) is 2.40. The third-order valence-electron chi connectivity index (χ3n) is 2.89. The van der Waals surface area contributed by atoms with E-state index in [0.29, 0.717) is 16.6 Å². The van der Waals surface area contributed by atoms with Crippen LogP contribution in [0.1, 0.15) is 20.3 Å². The Kier molecular flexibility index (Phi) is 6.67. The maximum absolute atomic E-state index is 11.8. The molecule has 1 aromatic rings. The molecule has 0 aliphatic heterocycles. The Labute approximate surface area is 126 Å². The average molecular weight is 343 g/mol. The molecule has 0 aliphatic rings. The zero-order chi connectivity index (χ0) is 15.1. The van der Waals surface area contributed by atoms with Gasteiger partial charge in [-0.1, -0.05) is 26.0 Å². The van der Waals surface area contributed by atoms with Crippen molar-refractivity contribution < 1.29 is 14.7 Å². The van der Waals surface area contributed by atoms with Crippen LogP contribution in [0, 0.1) is 5.92 Å². The van der Waals surface area contributed by atoms with Gasteiger partial charge in [0.1, 0.15) is 0 Å². The molecule has 20 heavy (non-hydrogen) atoms. The maximum atomic E-state index is 11.8. The molecule has 0 bridgehead atoms. The van der Waals surface area contributed by atoms with E-state index in [2.05, 4.69) is 26.6 Å². The number of aliphatic hydroxyl groups is 1. The molecule has 0 saturated carbocycles. The summed E-state index contributed by atoms with van der Waals surface area (Å²) in [6, 6.07) is 6.83. The zero-order valence-corrected chi connectivity index (χ0v) is 13.1. The fourth-order valence-electron chi connectivity index (χ4n) is 1.69. The summed E-state index contributed by atoms with van der Waals surface area (Å²) in [5.74, 6) is -1.28. The van der Waals surface area contributed by atoms with E-state index in [1.165, 1.54) is 0 Å². The first-order valence-corrected chi connectivity index (χ1v) is 7.22. The highest BCUT2D eigenvalue weighted by Gasteiger charge is 2.21. The third kappa shape index (κ3) is 4.94. The molecular formula is C14H19BrN2O3. The highest BCUT2D eigenvalue weighted by atomic mass is 79.9. The molecule has 0 saturated heterocycles. The summed E-state index contributed by atoms with van der Waals surface area (Å²) < 4.78 is 0.705. The molecule has 1 aromatic carbocycles. The number of carbonyl (C=O) groups is 2. The summed E-state index contributed by atoms with van der Waals surface area (Å²) >= 11 is 3.29. The summed E-state index contributed by atoms with van der Waals surface area (Å²) in [5.41, 5.74) is 0.538. The standard InChI is InChI=1S/C14H19BrN2O3/c1-9(2)11(7-8-18)16-13(19)14(20)17-12-6-4-3-5-10(12)15/h3-6,9,11,18H,7-8H2,1-2H3,(H,16,19)(H,17,20). The number of nitrogens with one attached hydrogen (secondary N) is 2. The third-order valence-corrected chi connectivity index (χ3v) is 3.58. The molecule has 1 rings (SSSR count). The number of amides is 2. The van der Waals surface area contributed by atoms with Gasteiger partial charge in [0, 0.05) is 17.1 Å². The first kappa shape index (κ1) is 16.7. The van der Waals surface area contributed by atoms with Crippen molar-refractivity contribution in [2.75, 3.05) is 11.9 Å². The molecule has 1 atom stereocenters. The maximum Gasteiger partial charge on any atom is 0.313 e. The number of hydrogen-bond donors (Lipinski definition) is 3. The Morgan fingerprint density at radius 1 is 1.25 bits per heavy atom. The van der Waals surface area contributed by atoms with E-state index in [9.17, 15) is 9.59 Å². The summed E-state index contributed by atoms with van der Waals surface area (Å²) in [6.07, 6.45) is 0.422. The summed E-state index contributed by atoms with van der Waals surface area (Å²) in [7, 11) is 0. The van der Waals surface area contributed by atoms with E-state index in [0.717, 1.165) is 0 Å². The van der Waals surface area contributed by atoms with Gasteiger partial charge in [-0.2, -0.15) is 0 Å². The Balaban J connectivity index is 2.63. The number of aliphatic hydroxyl groups excluding tert-OH is 1. The van der Waals surface area contributed by atoms with Gasteiger partial charge in [0.15, 0.2) is 0 Å². The molecule has 3 N–H and O–H groups in total. The van der Waals surface area contributed by atoms with Crippen LogP contribution in [-0.4, -0.2) is 29.6 Å². The number of anilines is 1. The smallest absolute Gasteiger partial charge is 0.313 e. The number of rotatable bonds is 5. The van der Waals surface area contributed by atoms with Gasteiger partial charge in [-0.25, -0.2) is 0 Å². The normalized spacial score (nSPS) is 12.1. The lowest BCUT2D eigenvalue weighted by atomic mass is 10.0. The van der Waals surface area contributed by atoms with Gasteiger partial charge in [0.05, 0.1) is 5.69 Å². The largest absolute Gasteiger partial charge is 0.396 e. The van der Waals surface area contributed by atoms with Gasteiger partial charge < -0.3 is 15.7 Å². The Bertz CT molecular complexity index is 477. The minimum atomic E-state index is -0.722. The van der Waals surface area contributed by atoms with Crippen LogP contribution in [0.25, 0.3) is 0 Å². The second kappa shape index (κ2) is 8.01. The van der Waals surface area contributed by atoms with Crippen LogP contribution in [0.15, 0.2) is 28.7 Å². The number of para-hydroxylation sites is 1. The molecule has 0 fully saturated rings. The monoisotopic (exact) mass is 342 g/mol. The molecule has 1 unspecified atom stereocenters. The SMILES string of the molecule is CC(C)C(CCO)NC(=O)C(=O)Nc1ccccc1Br. The molecular weight excluding hydrogens is 324 g/mol. The molecule has 0 aromatic heterocycles.